The quantitative estimate of drug-likeness (QED) is 0.326. The highest BCUT2D eigenvalue weighted by molar-refractivity contribution is 6.00. The van der Waals surface area contributed by atoms with E-state index in [1.807, 2.05) is 0 Å². The zero-order valence-electron chi connectivity index (χ0n) is 12.1. The molecule has 1 heterocycles. The van der Waals surface area contributed by atoms with E-state index in [2.05, 4.69) is 16.4 Å². The van der Waals surface area contributed by atoms with Crippen molar-refractivity contribution in [2.24, 2.45) is 0 Å². The van der Waals surface area contributed by atoms with Crippen LogP contribution in [0.15, 0.2) is 18.4 Å². The minimum atomic E-state index is -0.907. The van der Waals surface area contributed by atoms with Gasteiger partial charge in [-0.05, 0) is 25.5 Å². The van der Waals surface area contributed by atoms with E-state index < -0.39 is 11.9 Å². The first-order valence-corrected chi connectivity index (χ1v) is 6.63. The molecule has 0 saturated heterocycles. The third-order valence-electron chi connectivity index (χ3n) is 3.17. The second kappa shape index (κ2) is 6.53. The number of hydrogen-bond acceptors (Lipinski definition) is 6. The molecule has 0 aliphatic heterocycles. The number of rotatable bonds is 7. The Morgan fingerprint density at radius 1 is 1.43 bits per heavy atom. The number of carbonyl (C=O) groups excluding carboxylic acids is 2. The highest BCUT2D eigenvalue weighted by atomic mass is 16.6. The molecule has 0 unspecified atom stereocenters. The van der Waals surface area contributed by atoms with E-state index in [1.165, 1.54) is 11.8 Å². The van der Waals surface area contributed by atoms with E-state index in [9.17, 15) is 9.59 Å². The number of nitrogens with zero attached hydrogens (tertiary/aromatic N) is 2. The van der Waals surface area contributed by atoms with Gasteiger partial charge in [-0.15, -0.1) is 0 Å². The van der Waals surface area contributed by atoms with Crippen molar-refractivity contribution in [3.05, 3.63) is 29.8 Å². The van der Waals surface area contributed by atoms with Crippen molar-refractivity contribution in [2.75, 3.05) is 20.8 Å². The summed E-state index contributed by atoms with van der Waals surface area (Å²) in [6.07, 6.45) is 2.13. The molecule has 1 saturated carbocycles. The van der Waals surface area contributed by atoms with Gasteiger partial charge in [-0.2, -0.15) is 5.10 Å². The Labute approximate surface area is 122 Å². The Hall–Kier alpha value is -2.15. The summed E-state index contributed by atoms with van der Waals surface area (Å²) in [6.45, 7) is 4.16. The SMILES string of the molecule is C=C(OC)C(=O)OC(=O)c1cc(C2CC2)nn1CCOC. The maximum Gasteiger partial charge on any atom is 0.380 e. The summed E-state index contributed by atoms with van der Waals surface area (Å²) in [5.74, 6) is -1.51. The molecule has 114 valence electrons. The van der Waals surface area contributed by atoms with Gasteiger partial charge in [0.2, 0.25) is 0 Å². The van der Waals surface area contributed by atoms with E-state index in [0.29, 0.717) is 19.1 Å². The van der Waals surface area contributed by atoms with Crippen molar-refractivity contribution >= 4 is 11.9 Å². The van der Waals surface area contributed by atoms with E-state index in [0.717, 1.165) is 18.5 Å². The molecule has 0 aromatic carbocycles. The molecule has 0 spiro atoms. The van der Waals surface area contributed by atoms with Crippen molar-refractivity contribution in [2.45, 2.75) is 25.3 Å². The van der Waals surface area contributed by atoms with Crippen LogP contribution in [0.4, 0.5) is 0 Å². The summed E-state index contributed by atoms with van der Waals surface area (Å²) < 4.78 is 15.8. The van der Waals surface area contributed by atoms with Crippen molar-refractivity contribution in [1.82, 2.24) is 9.78 Å². The van der Waals surface area contributed by atoms with Gasteiger partial charge in [0.25, 0.3) is 0 Å². The van der Waals surface area contributed by atoms with Crippen LogP contribution >= 0.6 is 0 Å². The first-order valence-electron chi connectivity index (χ1n) is 6.63. The molecule has 21 heavy (non-hydrogen) atoms. The summed E-state index contributed by atoms with van der Waals surface area (Å²) >= 11 is 0. The topological polar surface area (TPSA) is 79.7 Å². The largest absolute Gasteiger partial charge is 0.490 e. The van der Waals surface area contributed by atoms with Crippen LogP contribution in [0, 0.1) is 0 Å². The van der Waals surface area contributed by atoms with Gasteiger partial charge in [-0.1, -0.05) is 0 Å². The maximum atomic E-state index is 12.1. The zero-order chi connectivity index (χ0) is 15.4. The molecule has 7 heteroatoms. The summed E-state index contributed by atoms with van der Waals surface area (Å²) in [5.41, 5.74) is 1.07. The van der Waals surface area contributed by atoms with E-state index in [1.54, 1.807) is 13.2 Å². The third kappa shape index (κ3) is 3.69. The molecule has 1 aliphatic carbocycles. The Morgan fingerprint density at radius 2 is 2.14 bits per heavy atom. The molecule has 7 nitrogen and oxygen atoms in total. The monoisotopic (exact) mass is 294 g/mol. The van der Waals surface area contributed by atoms with E-state index in [4.69, 9.17) is 9.47 Å². The molecular weight excluding hydrogens is 276 g/mol. The molecule has 1 aliphatic rings. The molecule has 0 amide bonds. The van der Waals surface area contributed by atoms with Crippen LogP contribution in [0.5, 0.6) is 0 Å². The first kappa shape index (κ1) is 15.2. The number of carbonyl (C=O) groups is 2. The molecular formula is C14H18N2O5. The van der Waals surface area contributed by atoms with Gasteiger partial charge in [-0.3, -0.25) is 4.68 Å². The lowest BCUT2D eigenvalue weighted by molar-refractivity contribution is -0.137. The predicted molar refractivity (Wildman–Crippen MR) is 72.6 cm³/mol. The van der Waals surface area contributed by atoms with Crippen LogP contribution in [0.3, 0.4) is 0 Å². The van der Waals surface area contributed by atoms with E-state index >= 15 is 0 Å². The fourth-order valence-corrected chi connectivity index (χ4v) is 1.80. The molecule has 1 aromatic rings. The molecule has 0 atom stereocenters. The minimum Gasteiger partial charge on any atom is -0.490 e. The van der Waals surface area contributed by atoms with Crippen LogP contribution in [0.1, 0.15) is 34.9 Å². The van der Waals surface area contributed by atoms with Crippen LogP contribution in [0.25, 0.3) is 0 Å². The summed E-state index contributed by atoms with van der Waals surface area (Å²) in [4.78, 5) is 23.6. The van der Waals surface area contributed by atoms with Gasteiger partial charge in [0.1, 0.15) is 5.69 Å². The number of methoxy groups -OCH3 is 2. The maximum absolute atomic E-state index is 12.1. The molecule has 0 N–H and O–H groups in total. The molecule has 0 bridgehead atoms. The number of ether oxygens (including phenoxy) is 3. The van der Waals surface area contributed by atoms with Gasteiger partial charge >= 0.3 is 11.9 Å². The normalized spacial score (nSPS) is 13.8. The Balaban J connectivity index is 2.14. The third-order valence-corrected chi connectivity index (χ3v) is 3.17. The van der Waals surface area contributed by atoms with Gasteiger partial charge in [-0.25, -0.2) is 9.59 Å². The second-order valence-corrected chi connectivity index (χ2v) is 4.75. The van der Waals surface area contributed by atoms with E-state index in [-0.39, 0.29) is 11.5 Å². The summed E-state index contributed by atoms with van der Waals surface area (Å²) in [6, 6.07) is 1.67. The molecule has 1 aromatic heterocycles. The standard InChI is InChI=1S/C14H18N2O5/c1-9(20-3)13(17)21-14(18)12-8-11(10-4-5-10)15-16(12)6-7-19-2/h8,10H,1,4-7H2,2-3H3. The Kier molecular flexibility index (Phi) is 4.74. The zero-order valence-corrected chi connectivity index (χ0v) is 12.1. The second-order valence-electron chi connectivity index (χ2n) is 4.75. The number of esters is 2. The fraction of sp³-hybridized carbons (Fsp3) is 0.500. The lowest BCUT2D eigenvalue weighted by atomic mass is 10.2. The average Bonchev–Trinajstić information content (AvgIpc) is 3.24. The summed E-state index contributed by atoms with van der Waals surface area (Å²) in [7, 11) is 2.84. The fourth-order valence-electron chi connectivity index (χ4n) is 1.80. The average molecular weight is 294 g/mol. The van der Waals surface area contributed by atoms with Crippen molar-refractivity contribution in [1.29, 1.82) is 0 Å². The van der Waals surface area contributed by atoms with Crippen molar-refractivity contribution in [3.63, 3.8) is 0 Å². The van der Waals surface area contributed by atoms with Crippen molar-refractivity contribution in [3.8, 4) is 0 Å². The molecule has 0 radical (unpaired) electrons. The molecule has 2 rings (SSSR count). The van der Waals surface area contributed by atoms with Crippen molar-refractivity contribution < 1.29 is 23.8 Å². The summed E-state index contributed by atoms with van der Waals surface area (Å²) in [5, 5.41) is 4.37. The van der Waals surface area contributed by atoms with Crippen LogP contribution in [-0.2, 0) is 25.5 Å². The molecule has 1 fully saturated rings. The highest BCUT2D eigenvalue weighted by Gasteiger charge is 2.29. The predicted octanol–water partition coefficient (Wildman–Crippen LogP) is 1.25. The Bertz CT molecular complexity index is 560. The van der Waals surface area contributed by atoms with Crippen LogP contribution in [-0.4, -0.2) is 42.5 Å². The minimum absolute atomic E-state index is 0.228. The smallest absolute Gasteiger partial charge is 0.380 e. The lowest BCUT2D eigenvalue weighted by Gasteiger charge is -2.06. The van der Waals surface area contributed by atoms with Gasteiger partial charge in [0, 0.05) is 13.0 Å². The first-order chi connectivity index (χ1) is 10.1. The van der Waals surface area contributed by atoms with Gasteiger partial charge in [0.05, 0.1) is 26.0 Å². The van der Waals surface area contributed by atoms with Crippen LogP contribution < -0.4 is 0 Å². The van der Waals surface area contributed by atoms with Gasteiger partial charge in [0.15, 0.2) is 5.76 Å². The number of aromatic nitrogens is 2. The van der Waals surface area contributed by atoms with Crippen LogP contribution in [0.2, 0.25) is 0 Å². The highest BCUT2D eigenvalue weighted by Crippen LogP contribution is 2.39. The van der Waals surface area contributed by atoms with Gasteiger partial charge < -0.3 is 14.2 Å². The lowest BCUT2D eigenvalue weighted by Crippen LogP contribution is -2.19. The Morgan fingerprint density at radius 3 is 2.71 bits per heavy atom. The number of hydrogen-bond donors (Lipinski definition) is 0.